The first-order chi connectivity index (χ1) is 9.17. The Morgan fingerprint density at radius 2 is 2.37 bits per heavy atom. The standard InChI is InChI=1S/C14H21N3O2/c1-10-3-4-12(11(7-10)8-15)17-5-6-19-9-13(17)14(18)16-2/h3-4,7,13H,5-6,8-9,15H2,1-2H3,(H,16,18). The maximum absolute atomic E-state index is 12.0. The van der Waals surface area contributed by atoms with E-state index in [4.69, 9.17) is 10.5 Å². The fourth-order valence-corrected chi connectivity index (χ4v) is 2.43. The van der Waals surface area contributed by atoms with E-state index in [0.717, 1.165) is 11.3 Å². The summed E-state index contributed by atoms with van der Waals surface area (Å²) in [7, 11) is 1.65. The van der Waals surface area contributed by atoms with Crippen LogP contribution in [0.2, 0.25) is 0 Å². The number of amides is 1. The van der Waals surface area contributed by atoms with Crippen LogP contribution in [-0.2, 0) is 16.1 Å². The van der Waals surface area contributed by atoms with Crippen LogP contribution in [0.25, 0.3) is 0 Å². The molecule has 0 aromatic heterocycles. The third-order valence-electron chi connectivity index (χ3n) is 3.44. The van der Waals surface area contributed by atoms with Crippen molar-refractivity contribution in [1.29, 1.82) is 0 Å². The highest BCUT2D eigenvalue weighted by atomic mass is 16.5. The zero-order chi connectivity index (χ0) is 13.8. The molecule has 1 fully saturated rings. The molecule has 5 heteroatoms. The molecule has 1 unspecified atom stereocenters. The Balaban J connectivity index is 2.34. The fourth-order valence-electron chi connectivity index (χ4n) is 2.43. The normalized spacial score (nSPS) is 19.3. The number of ether oxygens (including phenoxy) is 1. The summed E-state index contributed by atoms with van der Waals surface area (Å²) < 4.78 is 5.42. The van der Waals surface area contributed by atoms with Crippen molar-refractivity contribution in [2.45, 2.75) is 19.5 Å². The number of nitrogens with zero attached hydrogens (tertiary/aromatic N) is 1. The predicted octanol–water partition coefficient (Wildman–Crippen LogP) is 0.405. The second kappa shape index (κ2) is 6.04. The molecule has 19 heavy (non-hydrogen) atoms. The van der Waals surface area contributed by atoms with Gasteiger partial charge in [-0.25, -0.2) is 0 Å². The topological polar surface area (TPSA) is 67.6 Å². The molecule has 1 saturated heterocycles. The van der Waals surface area contributed by atoms with E-state index in [2.05, 4.69) is 16.3 Å². The molecule has 1 aromatic carbocycles. The molecule has 1 atom stereocenters. The molecular weight excluding hydrogens is 242 g/mol. The Kier molecular flexibility index (Phi) is 4.39. The quantitative estimate of drug-likeness (QED) is 0.828. The Hall–Kier alpha value is -1.59. The smallest absolute Gasteiger partial charge is 0.244 e. The van der Waals surface area contributed by atoms with Gasteiger partial charge in [0.2, 0.25) is 5.91 Å². The van der Waals surface area contributed by atoms with Gasteiger partial charge >= 0.3 is 0 Å². The third kappa shape index (κ3) is 2.88. The predicted molar refractivity (Wildman–Crippen MR) is 75.1 cm³/mol. The van der Waals surface area contributed by atoms with Gasteiger partial charge in [-0.1, -0.05) is 17.7 Å². The summed E-state index contributed by atoms with van der Waals surface area (Å²) in [6, 6.07) is 5.88. The molecule has 3 N–H and O–H groups in total. The van der Waals surface area contributed by atoms with Gasteiger partial charge in [0.05, 0.1) is 13.2 Å². The molecule has 1 heterocycles. The first-order valence-corrected chi connectivity index (χ1v) is 6.53. The molecule has 104 valence electrons. The van der Waals surface area contributed by atoms with Crippen molar-refractivity contribution in [2.75, 3.05) is 31.7 Å². The maximum atomic E-state index is 12.0. The van der Waals surface area contributed by atoms with Crippen molar-refractivity contribution in [2.24, 2.45) is 5.73 Å². The summed E-state index contributed by atoms with van der Waals surface area (Å²) in [5, 5.41) is 2.69. The Labute approximate surface area is 113 Å². The Morgan fingerprint density at radius 1 is 1.58 bits per heavy atom. The average molecular weight is 263 g/mol. The SMILES string of the molecule is CNC(=O)C1COCCN1c1ccc(C)cc1CN. The van der Waals surface area contributed by atoms with Gasteiger partial charge in [-0.05, 0) is 18.6 Å². The minimum Gasteiger partial charge on any atom is -0.377 e. The van der Waals surface area contributed by atoms with E-state index in [-0.39, 0.29) is 11.9 Å². The Morgan fingerprint density at radius 3 is 3.05 bits per heavy atom. The largest absolute Gasteiger partial charge is 0.377 e. The van der Waals surface area contributed by atoms with E-state index in [1.165, 1.54) is 5.56 Å². The first-order valence-electron chi connectivity index (χ1n) is 6.53. The zero-order valence-electron chi connectivity index (χ0n) is 11.5. The van der Waals surface area contributed by atoms with Gasteiger partial charge in [0, 0.05) is 25.8 Å². The van der Waals surface area contributed by atoms with Crippen LogP contribution in [0.1, 0.15) is 11.1 Å². The molecule has 0 bridgehead atoms. The lowest BCUT2D eigenvalue weighted by atomic mass is 10.1. The summed E-state index contributed by atoms with van der Waals surface area (Å²) in [4.78, 5) is 14.0. The van der Waals surface area contributed by atoms with E-state index in [1.807, 2.05) is 19.1 Å². The summed E-state index contributed by atoms with van der Waals surface area (Å²) in [5.41, 5.74) is 9.09. The lowest BCUT2D eigenvalue weighted by molar-refractivity contribution is -0.124. The van der Waals surface area contributed by atoms with Crippen LogP contribution < -0.4 is 16.0 Å². The monoisotopic (exact) mass is 263 g/mol. The van der Waals surface area contributed by atoms with Gasteiger partial charge in [0.15, 0.2) is 0 Å². The molecule has 2 rings (SSSR count). The van der Waals surface area contributed by atoms with Crippen molar-refractivity contribution in [3.05, 3.63) is 29.3 Å². The number of nitrogens with one attached hydrogen (secondary N) is 1. The number of nitrogens with two attached hydrogens (primary N) is 1. The van der Waals surface area contributed by atoms with Crippen molar-refractivity contribution in [3.8, 4) is 0 Å². The van der Waals surface area contributed by atoms with Gasteiger partial charge in [-0.15, -0.1) is 0 Å². The van der Waals surface area contributed by atoms with E-state index in [1.54, 1.807) is 7.05 Å². The summed E-state index contributed by atoms with van der Waals surface area (Å²) in [6.07, 6.45) is 0. The molecule has 1 aliphatic rings. The van der Waals surface area contributed by atoms with Gasteiger partial charge in [-0.2, -0.15) is 0 Å². The third-order valence-corrected chi connectivity index (χ3v) is 3.44. The van der Waals surface area contributed by atoms with Gasteiger partial charge in [0.1, 0.15) is 6.04 Å². The van der Waals surface area contributed by atoms with Crippen LogP contribution in [0.5, 0.6) is 0 Å². The van der Waals surface area contributed by atoms with Gasteiger partial charge in [-0.3, -0.25) is 4.79 Å². The lowest BCUT2D eigenvalue weighted by Gasteiger charge is -2.37. The van der Waals surface area contributed by atoms with Crippen molar-refractivity contribution in [3.63, 3.8) is 0 Å². The maximum Gasteiger partial charge on any atom is 0.244 e. The van der Waals surface area contributed by atoms with Crippen molar-refractivity contribution < 1.29 is 9.53 Å². The highest BCUT2D eigenvalue weighted by Crippen LogP contribution is 2.25. The second-order valence-electron chi connectivity index (χ2n) is 4.73. The number of anilines is 1. The minimum absolute atomic E-state index is 0.0248. The van der Waals surface area contributed by atoms with Crippen molar-refractivity contribution >= 4 is 11.6 Å². The van der Waals surface area contributed by atoms with Gasteiger partial charge < -0.3 is 20.7 Å². The van der Waals surface area contributed by atoms with Gasteiger partial charge in [0.25, 0.3) is 0 Å². The van der Waals surface area contributed by atoms with Crippen LogP contribution >= 0.6 is 0 Å². The fraction of sp³-hybridized carbons (Fsp3) is 0.500. The molecule has 1 aromatic rings. The van der Waals surface area contributed by atoms with Crippen LogP contribution in [0, 0.1) is 6.92 Å². The second-order valence-corrected chi connectivity index (χ2v) is 4.73. The molecule has 1 aliphatic heterocycles. The molecule has 0 radical (unpaired) electrons. The van der Waals surface area contributed by atoms with Crippen molar-refractivity contribution in [1.82, 2.24) is 5.32 Å². The number of carbonyl (C=O) groups is 1. The summed E-state index contributed by atoms with van der Waals surface area (Å²) in [5.74, 6) is -0.0248. The summed E-state index contributed by atoms with van der Waals surface area (Å²) >= 11 is 0. The summed E-state index contributed by atoms with van der Waals surface area (Å²) in [6.45, 7) is 4.25. The number of aryl methyl sites for hydroxylation is 1. The van der Waals surface area contributed by atoms with Crippen LogP contribution in [0.15, 0.2) is 18.2 Å². The Bertz CT molecular complexity index is 462. The van der Waals surface area contributed by atoms with E-state index >= 15 is 0 Å². The van der Waals surface area contributed by atoms with Crippen LogP contribution in [-0.4, -0.2) is 38.8 Å². The molecule has 0 saturated carbocycles. The highest BCUT2D eigenvalue weighted by molar-refractivity contribution is 5.85. The number of hydrogen-bond donors (Lipinski definition) is 2. The minimum atomic E-state index is -0.285. The lowest BCUT2D eigenvalue weighted by Crippen LogP contribution is -2.53. The number of hydrogen-bond acceptors (Lipinski definition) is 4. The molecule has 0 aliphatic carbocycles. The first kappa shape index (κ1) is 13.8. The molecule has 5 nitrogen and oxygen atoms in total. The number of morpholine rings is 1. The van der Waals surface area contributed by atoms with E-state index < -0.39 is 0 Å². The molecule has 0 spiro atoms. The average Bonchev–Trinajstić information content (AvgIpc) is 2.46. The number of benzene rings is 1. The number of carbonyl (C=O) groups excluding carboxylic acids is 1. The zero-order valence-corrected chi connectivity index (χ0v) is 11.5. The molecular formula is C14H21N3O2. The number of likely N-dealkylation sites (N-methyl/N-ethyl adjacent to an activating group) is 1. The van der Waals surface area contributed by atoms with Crippen LogP contribution in [0.4, 0.5) is 5.69 Å². The van der Waals surface area contributed by atoms with E-state index in [0.29, 0.717) is 26.3 Å². The number of rotatable bonds is 3. The van der Waals surface area contributed by atoms with Crippen LogP contribution in [0.3, 0.4) is 0 Å². The highest BCUT2D eigenvalue weighted by Gasteiger charge is 2.29. The van der Waals surface area contributed by atoms with E-state index in [9.17, 15) is 4.79 Å². The molecule has 1 amide bonds.